The first kappa shape index (κ1) is 44.2. The number of nitrogens with two attached hydrogens (primary N) is 2. The van der Waals surface area contributed by atoms with E-state index in [4.69, 9.17) is 30.4 Å². The Morgan fingerprint density at radius 2 is 1.31 bits per heavy atom. The molecule has 2 aliphatic heterocycles. The Labute approximate surface area is 357 Å². The molecule has 0 amide bonds. The number of H-pyrrole nitrogens is 1. The van der Waals surface area contributed by atoms with Crippen molar-refractivity contribution >= 4 is 61.8 Å². The van der Waals surface area contributed by atoms with Crippen LogP contribution in [0, 0.1) is 0 Å². The second-order valence-electron chi connectivity index (χ2n) is 12.3. The fourth-order valence-electron chi connectivity index (χ4n) is 5.71. The van der Waals surface area contributed by atoms with Gasteiger partial charge in [0, 0.05) is 0 Å². The van der Waals surface area contributed by atoms with Gasteiger partial charge in [0.15, 0.2) is 45.5 Å². The van der Waals surface area contributed by atoms with Crippen molar-refractivity contribution in [1.82, 2.24) is 50.3 Å². The molecular formula is C34H34BrF4N12NaO6. The largest absolute Gasteiger partial charge is 1.00 e. The number of hydrogen-bond acceptors (Lipinski definition) is 16. The van der Waals surface area contributed by atoms with E-state index in [-0.39, 0.29) is 65.5 Å². The zero-order valence-corrected chi connectivity index (χ0v) is 34.4. The number of benzene rings is 2. The fourth-order valence-corrected chi connectivity index (χ4v) is 6.25. The first-order chi connectivity index (χ1) is 27.3. The third kappa shape index (κ3) is 9.18. The number of carbonyl (C=O) groups excluding carboxylic acids is 2. The number of rotatable bonds is 7. The van der Waals surface area contributed by atoms with E-state index in [1.807, 2.05) is 0 Å². The van der Waals surface area contributed by atoms with E-state index in [0.29, 0.717) is 23.4 Å². The number of carbonyl (C=O) groups is 2. The van der Waals surface area contributed by atoms with Crippen molar-refractivity contribution in [1.29, 1.82) is 0 Å². The van der Waals surface area contributed by atoms with Gasteiger partial charge in [0.05, 0.1) is 11.1 Å². The SMILES string of the molecule is CC[C@H]1O[C@@H](n2nnc3c(N)ncnc32)C(F)(F)[C@@H]1OC(=O)c1ccccc1.CC[C@H]1O[C@H](Br)C(F)(F)[C@@H]1OC(=O)c1ccccc1.Nc1ncnc2n[nH]nc12.[H-].[Na+]. The molecule has 0 aliphatic carbocycles. The molecule has 8 rings (SSSR count). The Bertz CT molecular complexity index is 2320. The van der Waals surface area contributed by atoms with Gasteiger partial charge in [-0.2, -0.15) is 32.6 Å². The minimum Gasteiger partial charge on any atom is -1.00 e. The Hall–Kier alpha value is -4.94. The van der Waals surface area contributed by atoms with E-state index in [1.165, 1.54) is 30.6 Å². The van der Waals surface area contributed by atoms with E-state index in [9.17, 15) is 18.4 Å². The number of alkyl halides is 5. The van der Waals surface area contributed by atoms with Crippen LogP contribution in [0.4, 0.5) is 29.2 Å². The fraction of sp³-hybridized carbons (Fsp3) is 0.353. The summed E-state index contributed by atoms with van der Waals surface area (Å²) in [7, 11) is 0. The van der Waals surface area contributed by atoms with E-state index >= 15 is 8.78 Å². The summed E-state index contributed by atoms with van der Waals surface area (Å²) in [6.07, 6.45) is -4.08. The van der Waals surface area contributed by atoms with Crippen molar-refractivity contribution in [2.75, 3.05) is 11.5 Å². The predicted molar refractivity (Wildman–Crippen MR) is 196 cm³/mol. The minimum atomic E-state index is -3.58. The van der Waals surface area contributed by atoms with Crippen LogP contribution in [0.25, 0.3) is 22.3 Å². The number of nitrogens with zero attached hydrogens (tertiary/aromatic N) is 9. The first-order valence-electron chi connectivity index (χ1n) is 17.1. The summed E-state index contributed by atoms with van der Waals surface area (Å²) in [6.45, 7) is 3.36. The van der Waals surface area contributed by atoms with Gasteiger partial charge >= 0.3 is 53.3 Å². The van der Waals surface area contributed by atoms with E-state index in [2.05, 4.69) is 61.6 Å². The molecule has 2 saturated heterocycles. The van der Waals surface area contributed by atoms with Crippen LogP contribution < -0.4 is 41.0 Å². The molecule has 0 spiro atoms. The van der Waals surface area contributed by atoms with E-state index < -0.39 is 59.4 Å². The summed E-state index contributed by atoms with van der Waals surface area (Å²) in [6, 6.07) is 16.0. The molecule has 6 heterocycles. The van der Waals surface area contributed by atoms with Crippen LogP contribution in [0.3, 0.4) is 0 Å². The number of fused-ring (bicyclic) bond motifs is 2. The number of halogens is 5. The van der Waals surface area contributed by atoms with Gasteiger partial charge in [0.2, 0.25) is 11.9 Å². The summed E-state index contributed by atoms with van der Waals surface area (Å²) in [5.74, 6) is -8.09. The second-order valence-corrected chi connectivity index (χ2v) is 13.1. The molecule has 302 valence electrons. The first-order valence-corrected chi connectivity index (χ1v) is 18.0. The average molecular weight is 886 g/mol. The van der Waals surface area contributed by atoms with Crippen molar-refractivity contribution in [3.63, 3.8) is 0 Å². The van der Waals surface area contributed by atoms with Crippen molar-refractivity contribution in [2.24, 2.45) is 0 Å². The van der Waals surface area contributed by atoms with Crippen molar-refractivity contribution in [3.05, 3.63) is 84.4 Å². The second kappa shape index (κ2) is 18.8. The number of nitrogens with one attached hydrogen (secondary N) is 1. The van der Waals surface area contributed by atoms with Gasteiger partial charge in [0.25, 0.3) is 0 Å². The summed E-state index contributed by atoms with van der Waals surface area (Å²) in [4.78, 5) is 39.4. The number of ether oxygens (including phenoxy) is 4. The molecule has 4 aromatic heterocycles. The van der Waals surface area contributed by atoms with Gasteiger partial charge in [-0.15, -0.1) is 10.2 Å². The van der Waals surface area contributed by atoms with Gasteiger partial charge in [-0.05, 0) is 37.1 Å². The van der Waals surface area contributed by atoms with E-state index in [0.717, 1.165) is 11.0 Å². The molecule has 6 aromatic rings. The maximum atomic E-state index is 15.2. The van der Waals surface area contributed by atoms with Crippen LogP contribution in [0.15, 0.2) is 73.3 Å². The van der Waals surface area contributed by atoms with Gasteiger partial charge in [0.1, 0.15) is 24.9 Å². The normalized spacial score (nSPS) is 22.8. The van der Waals surface area contributed by atoms with Crippen LogP contribution in [-0.2, 0) is 18.9 Å². The van der Waals surface area contributed by atoms with Crippen LogP contribution in [0.5, 0.6) is 0 Å². The zero-order valence-electron chi connectivity index (χ0n) is 31.8. The topological polar surface area (TPSA) is 247 Å². The number of hydrogen-bond donors (Lipinski definition) is 3. The molecule has 6 atom stereocenters. The quantitative estimate of drug-likeness (QED) is 0.0895. The van der Waals surface area contributed by atoms with Crippen LogP contribution in [0.1, 0.15) is 55.1 Å². The predicted octanol–water partition coefficient (Wildman–Crippen LogP) is 1.80. The van der Waals surface area contributed by atoms with Crippen molar-refractivity contribution in [3.8, 4) is 0 Å². The van der Waals surface area contributed by atoms with Gasteiger partial charge in [-0.3, -0.25) is 0 Å². The Kier molecular flexibility index (Phi) is 14.3. The maximum Gasteiger partial charge on any atom is 1.00 e. The molecule has 2 fully saturated rings. The molecule has 0 saturated carbocycles. The van der Waals surface area contributed by atoms with Crippen molar-refractivity contribution < 1.29 is 77.1 Å². The van der Waals surface area contributed by atoms with Gasteiger partial charge in [-0.1, -0.05) is 71.4 Å². The summed E-state index contributed by atoms with van der Waals surface area (Å²) in [5, 5.41) is 15.9. The number of nitrogen functional groups attached to an aromatic ring is 2. The summed E-state index contributed by atoms with van der Waals surface area (Å²) < 4.78 is 79.7. The maximum absolute atomic E-state index is 15.2. The number of esters is 2. The van der Waals surface area contributed by atoms with Gasteiger partial charge in [-0.25, -0.2) is 29.5 Å². The van der Waals surface area contributed by atoms with E-state index in [1.54, 1.807) is 50.2 Å². The molecule has 5 N–H and O–H groups in total. The molecule has 24 heteroatoms. The van der Waals surface area contributed by atoms with Crippen molar-refractivity contribution in [2.45, 2.75) is 74.2 Å². The zero-order chi connectivity index (χ0) is 40.9. The molecular weight excluding hydrogens is 851 g/mol. The third-order valence-corrected chi connectivity index (χ3v) is 9.44. The third-order valence-electron chi connectivity index (χ3n) is 8.62. The average Bonchev–Trinajstić information content (AvgIpc) is 3.98. The summed E-state index contributed by atoms with van der Waals surface area (Å²) in [5.41, 5.74) is 12.6. The molecule has 0 unspecified atom stereocenters. The minimum absolute atomic E-state index is 0. The molecule has 0 radical (unpaired) electrons. The summed E-state index contributed by atoms with van der Waals surface area (Å²) >= 11 is 2.76. The smallest absolute Gasteiger partial charge is 1.00 e. The Balaban J connectivity index is 0.000000214. The number of anilines is 2. The number of aromatic nitrogens is 10. The monoisotopic (exact) mass is 884 g/mol. The Morgan fingerprint density at radius 3 is 1.86 bits per heavy atom. The molecule has 18 nitrogen and oxygen atoms in total. The molecule has 0 bridgehead atoms. The van der Waals surface area contributed by atoms with Crippen LogP contribution >= 0.6 is 15.9 Å². The molecule has 2 aliphatic rings. The molecule has 58 heavy (non-hydrogen) atoms. The Morgan fingerprint density at radius 1 is 0.793 bits per heavy atom. The standard InChI is InChI=1S/C17H16F2N6O3.C13H13BrF2O3.C4H4N6.Na.H/c1-2-10-12(28-15(26)9-6-4-3-5-7-9)17(18,19)16(27-10)25-14-11(23-24-25)13(20)21-8-22-14;1-2-9-10(13(15,16)12(14)18-9)19-11(17)8-6-4-3-5-7-8;5-3-2-4(7-1-6-3)9-10-8-2;;/h3-8,10,12,16H,2H2,1H3,(H2,20,21,22);3-7,9-10,12H,2H2,1H3;1H,(H3,5,6,7,8,9,10);;/q;;;+1;-1/t10-,12-,16-;9-,10-,12+;;;/m11.../s1. The van der Waals surface area contributed by atoms with Gasteiger partial charge < -0.3 is 31.8 Å². The van der Waals surface area contributed by atoms with Crippen LogP contribution in [-0.4, -0.2) is 104 Å². The van der Waals surface area contributed by atoms with Crippen LogP contribution in [0.2, 0.25) is 0 Å². The number of aromatic amines is 1. The molecule has 2 aromatic carbocycles.